The third-order valence-corrected chi connectivity index (χ3v) is 4.17. The van der Waals surface area contributed by atoms with E-state index in [1.54, 1.807) is 6.07 Å². The summed E-state index contributed by atoms with van der Waals surface area (Å²) in [7, 11) is 0. The fourth-order valence-corrected chi connectivity index (χ4v) is 2.58. The van der Waals surface area contributed by atoms with Crippen LogP contribution in [0.25, 0.3) is 10.8 Å². The molecule has 1 N–H and O–H groups in total. The number of ether oxygens (including phenoxy) is 1. The van der Waals surface area contributed by atoms with Gasteiger partial charge < -0.3 is 4.74 Å². The van der Waals surface area contributed by atoms with Crippen molar-refractivity contribution < 1.29 is 35.9 Å². The Balaban J connectivity index is 2.41. The third-order valence-electron chi connectivity index (χ3n) is 3.58. The van der Waals surface area contributed by atoms with Crippen LogP contribution in [0.3, 0.4) is 0 Å². The number of nitrogens with one attached hydrogen (secondary N) is 1. The van der Waals surface area contributed by atoms with Crippen LogP contribution in [0.5, 0.6) is 5.75 Å². The molecule has 0 saturated carbocycles. The fraction of sp³-hybridized carbons (Fsp3) is 0.267. The maximum atomic E-state index is 12.9. The maximum Gasteiger partial charge on any atom is 0.420 e. The summed E-state index contributed by atoms with van der Waals surface area (Å²) in [5.74, 6) is -0.420. The number of hydrogen-bond acceptors (Lipinski definition) is 2. The van der Waals surface area contributed by atoms with E-state index >= 15 is 0 Å². The predicted octanol–water partition coefficient (Wildman–Crippen LogP) is 6.12. The second-order valence-corrected chi connectivity index (χ2v) is 6.16. The van der Waals surface area contributed by atoms with Gasteiger partial charge in [0.2, 0.25) is 5.54 Å². The molecule has 0 aromatic heterocycles. The van der Waals surface area contributed by atoms with E-state index < -0.39 is 29.7 Å². The number of amides is 1. The summed E-state index contributed by atoms with van der Waals surface area (Å²) in [5, 5.41) is 1.21. The topological polar surface area (TPSA) is 38.3 Å². The molecule has 0 radical (unpaired) electrons. The molecule has 0 fully saturated rings. The second kappa shape index (κ2) is 6.70. The lowest BCUT2D eigenvalue weighted by atomic mass is 10.0. The van der Waals surface area contributed by atoms with Gasteiger partial charge in [-0.15, -0.1) is 0 Å². The van der Waals surface area contributed by atoms with Crippen molar-refractivity contribution in [1.29, 1.82) is 0 Å². The van der Waals surface area contributed by atoms with E-state index in [-0.39, 0.29) is 22.4 Å². The first-order valence-corrected chi connectivity index (χ1v) is 7.53. The Morgan fingerprint density at radius 2 is 1.46 bits per heavy atom. The van der Waals surface area contributed by atoms with Crippen LogP contribution in [0.15, 0.2) is 30.3 Å². The largest absolute Gasteiger partial charge is 0.420 e. The SMILES string of the molecule is CC(NC(=O)Oc1c(Cl)cc(Cl)c2ccccc12)(C(F)(F)F)C(F)(F)F. The zero-order valence-electron chi connectivity index (χ0n) is 12.7. The van der Waals surface area contributed by atoms with E-state index in [0.29, 0.717) is 5.39 Å². The van der Waals surface area contributed by atoms with Crippen molar-refractivity contribution in [3.63, 3.8) is 0 Å². The molecule has 0 bridgehead atoms. The van der Waals surface area contributed by atoms with Gasteiger partial charge in [-0.3, -0.25) is 5.32 Å². The summed E-state index contributed by atoms with van der Waals surface area (Å²) in [6.45, 7) is -0.212. The number of rotatable bonds is 2. The predicted molar refractivity (Wildman–Crippen MR) is 83.6 cm³/mol. The lowest BCUT2D eigenvalue weighted by Crippen LogP contribution is -2.66. The van der Waals surface area contributed by atoms with Crippen LogP contribution in [0.1, 0.15) is 6.92 Å². The zero-order valence-corrected chi connectivity index (χ0v) is 14.2. The molecule has 0 atom stereocenters. The molecule has 26 heavy (non-hydrogen) atoms. The number of hydrogen-bond donors (Lipinski definition) is 1. The van der Waals surface area contributed by atoms with Crippen LogP contribution >= 0.6 is 23.2 Å². The Morgan fingerprint density at radius 1 is 0.962 bits per heavy atom. The highest BCUT2D eigenvalue weighted by Crippen LogP contribution is 2.43. The summed E-state index contributed by atoms with van der Waals surface area (Å²) in [4.78, 5) is 11.8. The zero-order chi connectivity index (χ0) is 19.9. The van der Waals surface area contributed by atoms with Gasteiger partial charge >= 0.3 is 18.4 Å². The van der Waals surface area contributed by atoms with Gasteiger partial charge in [0.05, 0.1) is 10.0 Å². The van der Waals surface area contributed by atoms with Gasteiger partial charge in [0.15, 0.2) is 5.75 Å². The van der Waals surface area contributed by atoms with Gasteiger partial charge in [-0.2, -0.15) is 26.3 Å². The van der Waals surface area contributed by atoms with Gasteiger partial charge in [-0.05, 0) is 13.0 Å². The van der Waals surface area contributed by atoms with Gasteiger partial charge in [0.1, 0.15) is 0 Å². The monoisotopic (exact) mass is 419 g/mol. The second-order valence-electron chi connectivity index (χ2n) is 5.35. The average Bonchev–Trinajstić information content (AvgIpc) is 2.49. The van der Waals surface area contributed by atoms with E-state index in [1.165, 1.54) is 18.2 Å². The molecular formula is C15H9Cl2F6NO2. The van der Waals surface area contributed by atoms with Crippen molar-refractivity contribution in [2.75, 3.05) is 0 Å². The Morgan fingerprint density at radius 3 is 1.96 bits per heavy atom. The van der Waals surface area contributed by atoms with Crippen molar-refractivity contribution in [1.82, 2.24) is 5.32 Å². The molecule has 2 aromatic rings. The molecule has 1 amide bonds. The molecular weight excluding hydrogens is 411 g/mol. The highest BCUT2D eigenvalue weighted by atomic mass is 35.5. The number of carbonyl (C=O) groups is 1. The number of halogens is 8. The molecule has 2 aromatic carbocycles. The summed E-state index contributed by atoms with van der Waals surface area (Å²) >= 11 is 11.8. The van der Waals surface area contributed by atoms with Gasteiger partial charge in [-0.25, -0.2) is 4.79 Å². The third kappa shape index (κ3) is 3.64. The van der Waals surface area contributed by atoms with Crippen LogP contribution in [0.4, 0.5) is 31.1 Å². The van der Waals surface area contributed by atoms with E-state index in [4.69, 9.17) is 23.2 Å². The first-order valence-electron chi connectivity index (χ1n) is 6.78. The molecule has 142 valence electrons. The van der Waals surface area contributed by atoms with E-state index in [2.05, 4.69) is 4.74 Å². The summed E-state index contributed by atoms with van der Waals surface area (Å²) in [6.07, 6.45) is -13.6. The average molecular weight is 420 g/mol. The van der Waals surface area contributed by atoms with Crippen molar-refractivity contribution in [2.45, 2.75) is 24.8 Å². The van der Waals surface area contributed by atoms with Crippen LogP contribution in [-0.4, -0.2) is 24.0 Å². The van der Waals surface area contributed by atoms with Crippen LogP contribution in [0.2, 0.25) is 10.0 Å². The molecule has 0 heterocycles. The molecule has 0 saturated heterocycles. The van der Waals surface area contributed by atoms with E-state index in [0.717, 1.165) is 11.4 Å². The van der Waals surface area contributed by atoms with Crippen LogP contribution < -0.4 is 10.1 Å². The highest BCUT2D eigenvalue weighted by Gasteiger charge is 2.69. The molecule has 2 rings (SSSR count). The molecule has 0 aliphatic carbocycles. The molecule has 0 unspecified atom stereocenters. The number of benzene rings is 2. The van der Waals surface area contributed by atoms with Gasteiger partial charge in [0.25, 0.3) is 0 Å². The molecule has 0 aliphatic rings. The first kappa shape index (κ1) is 20.4. The lowest BCUT2D eigenvalue weighted by molar-refractivity contribution is -0.298. The number of alkyl halides is 6. The van der Waals surface area contributed by atoms with Crippen LogP contribution in [0, 0.1) is 0 Å². The van der Waals surface area contributed by atoms with Crippen molar-refractivity contribution in [2.24, 2.45) is 0 Å². The summed E-state index contributed by atoms with van der Waals surface area (Å²) in [5.41, 5.74) is -4.51. The minimum Gasteiger partial charge on any atom is -0.408 e. The van der Waals surface area contributed by atoms with Gasteiger partial charge in [0, 0.05) is 10.8 Å². The maximum absolute atomic E-state index is 12.9. The summed E-state index contributed by atoms with van der Waals surface area (Å²) in [6, 6.07) is 7.13. The van der Waals surface area contributed by atoms with Crippen molar-refractivity contribution in [3.05, 3.63) is 40.4 Å². The Kier molecular flexibility index (Phi) is 5.26. The number of fused-ring (bicyclic) bond motifs is 1. The highest BCUT2D eigenvalue weighted by molar-refractivity contribution is 6.40. The quantitative estimate of drug-likeness (QED) is 0.595. The van der Waals surface area contributed by atoms with Gasteiger partial charge in [-0.1, -0.05) is 47.5 Å². The Hall–Kier alpha value is -1.87. The normalized spacial score (nSPS) is 13.0. The first-order chi connectivity index (χ1) is 11.8. The molecule has 0 aliphatic heterocycles. The van der Waals surface area contributed by atoms with Crippen molar-refractivity contribution in [3.8, 4) is 5.75 Å². The number of carbonyl (C=O) groups excluding carboxylic acids is 1. The Bertz CT molecular complexity index is 836. The Labute approximate surface area is 152 Å². The van der Waals surface area contributed by atoms with Crippen molar-refractivity contribution >= 4 is 40.1 Å². The smallest absolute Gasteiger partial charge is 0.408 e. The van der Waals surface area contributed by atoms with E-state index in [1.807, 2.05) is 0 Å². The lowest BCUT2D eigenvalue weighted by Gasteiger charge is -2.34. The minimum absolute atomic E-state index is 0.140. The van der Waals surface area contributed by atoms with Crippen LogP contribution in [-0.2, 0) is 0 Å². The standard InChI is InChI=1S/C15H9Cl2F6NO2/c1-13(14(18,19)20,15(21,22)23)24-12(25)26-11-8-5-3-2-4-7(8)9(16)6-10(11)17/h2-6H,1H3,(H,24,25). The molecule has 0 spiro atoms. The minimum atomic E-state index is -5.81. The summed E-state index contributed by atoms with van der Waals surface area (Å²) < 4.78 is 81.8. The molecule has 11 heteroatoms. The molecule has 3 nitrogen and oxygen atoms in total. The van der Waals surface area contributed by atoms with E-state index in [9.17, 15) is 31.1 Å². The fourth-order valence-electron chi connectivity index (χ4n) is 2.00.